The van der Waals surface area contributed by atoms with Crippen LogP contribution in [0.4, 0.5) is 5.69 Å². The van der Waals surface area contributed by atoms with E-state index < -0.39 is 28.5 Å². The lowest BCUT2D eigenvalue weighted by Gasteiger charge is -2.32. The van der Waals surface area contributed by atoms with Gasteiger partial charge < -0.3 is 10.2 Å². The molecule has 0 aliphatic carbocycles. The van der Waals surface area contributed by atoms with Crippen molar-refractivity contribution >= 4 is 73.9 Å². The Kier molecular flexibility index (Phi) is 9.70. The zero-order valence-corrected chi connectivity index (χ0v) is 22.0. The van der Waals surface area contributed by atoms with Gasteiger partial charge in [-0.25, -0.2) is 8.42 Å². The van der Waals surface area contributed by atoms with E-state index in [9.17, 15) is 18.0 Å². The van der Waals surface area contributed by atoms with E-state index >= 15 is 0 Å². The van der Waals surface area contributed by atoms with E-state index in [4.69, 9.17) is 46.4 Å². The van der Waals surface area contributed by atoms with Crippen molar-refractivity contribution in [3.63, 3.8) is 0 Å². The molecule has 0 fully saturated rings. The van der Waals surface area contributed by atoms with E-state index in [0.717, 1.165) is 10.6 Å². The fraction of sp³-hybridized carbons (Fsp3) is 0.333. The summed E-state index contributed by atoms with van der Waals surface area (Å²) in [6, 6.07) is 8.27. The summed E-state index contributed by atoms with van der Waals surface area (Å²) in [5.74, 6) is -0.991. The van der Waals surface area contributed by atoms with Crippen molar-refractivity contribution in [3.8, 4) is 0 Å². The minimum atomic E-state index is -3.91. The number of halogens is 4. The Balaban J connectivity index is 2.48. The molecule has 2 aromatic carbocycles. The second kappa shape index (κ2) is 11.6. The largest absolute Gasteiger partial charge is 0.357 e. The molecular weight excluding hydrogens is 532 g/mol. The van der Waals surface area contributed by atoms with Gasteiger partial charge in [0.05, 0.1) is 27.0 Å². The van der Waals surface area contributed by atoms with Crippen LogP contribution >= 0.6 is 46.4 Å². The van der Waals surface area contributed by atoms with E-state index in [2.05, 4.69) is 5.32 Å². The Morgan fingerprint density at radius 2 is 1.67 bits per heavy atom. The van der Waals surface area contributed by atoms with Crippen molar-refractivity contribution < 1.29 is 18.0 Å². The number of anilines is 1. The highest BCUT2D eigenvalue weighted by Gasteiger charge is 2.32. The number of carbonyl (C=O) groups excluding carboxylic acids is 2. The number of hydrogen-bond donors (Lipinski definition) is 1. The smallest absolute Gasteiger partial charge is 0.244 e. The fourth-order valence-electron chi connectivity index (χ4n) is 3.20. The minimum Gasteiger partial charge on any atom is -0.357 e. The number of benzene rings is 2. The van der Waals surface area contributed by atoms with Gasteiger partial charge in [0, 0.05) is 18.6 Å². The maximum Gasteiger partial charge on any atom is 0.244 e. The second-order valence-electron chi connectivity index (χ2n) is 7.17. The zero-order valence-electron chi connectivity index (χ0n) is 18.1. The van der Waals surface area contributed by atoms with Crippen LogP contribution in [0, 0.1) is 0 Å². The van der Waals surface area contributed by atoms with Crippen molar-refractivity contribution in [2.75, 3.05) is 24.2 Å². The maximum absolute atomic E-state index is 13.4. The van der Waals surface area contributed by atoms with E-state index in [1.807, 2.05) is 0 Å². The Morgan fingerprint density at radius 3 is 2.18 bits per heavy atom. The topological polar surface area (TPSA) is 86.8 Å². The van der Waals surface area contributed by atoms with E-state index in [1.54, 1.807) is 25.1 Å². The molecule has 0 aromatic heterocycles. The average molecular weight is 555 g/mol. The van der Waals surface area contributed by atoms with Crippen LogP contribution in [0.2, 0.25) is 20.1 Å². The van der Waals surface area contributed by atoms with Crippen LogP contribution in [-0.2, 0) is 26.2 Å². The first-order chi connectivity index (χ1) is 15.4. The molecule has 1 N–H and O–H groups in total. The van der Waals surface area contributed by atoms with Crippen molar-refractivity contribution in [3.05, 3.63) is 62.1 Å². The molecule has 0 bridgehead atoms. The van der Waals surface area contributed by atoms with Crippen LogP contribution in [0.5, 0.6) is 0 Å². The average Bonchev–Trinajstić information content (AvgIpc) is 2.73. The van der Waals surface area contributed by atoms with Crippen molar-refractivity contribution in [1.82, 2.24) is 10.2 Å². The third-order valence-corrected chi connectivity index (χ3v) is 7.23. The van der Waals surface area contributed by atoms with Crippen LogP contribution in [0.15, 0.2) is 36.4 Å². The number of amides is 2. The van der Waals surface area contributed by atoms with Gasteiger partial charge >= 0.3 is 0 Å². The van der Waals surface area contributed by atoms with Crippen LogP contribution in [0.3, 0.4) is 0 Å². The molecule has 0 aliphatic heterocycles. The molecule has 2 amide bonds. The van der Waals surface area contributed by atoms with Gasteiger partial charge in [0.15, 0.2) is 0 Å². The first-order valence-corrected chi connectivity index (χ1v) is 13.1. The van der Waals surface area contributed by atoms with Gasteiger partial charge in [-0.1, -0.05) is 59.4 Å². The first-order valence-electron chi connectivity index (χ1n) is 9.76. The maximum atomic E-state index is 13.4. The van der Waals surface area contributed by atoms with Crippen molar-refractivity contribution in [2.24, 2.45) is 0 Å². The standard InChI is InChI=1S/C21H23Cl4N3O4S/c1-4-18(21(30)26-2)27(11-13-5-7-15(23)16(24)9-13)20(29)12-28(33(3,31)32)19-8-6-14(22)10-17(19)25/h5-10,18H,4,11-12H2,1-3H3,(H,26,30)/t18-/m0/s1. The van der Waals surface area contributed by atoms with Gasteiger partial charge in [0.1, 0.15) is 12.6 Å². The Labute approximate surface area is 213 Å². The molecule has 180 valence electrons. The lowest BCUT2D eigenvalue weighted by molar-refractivity contribution is -0.140. The summed E-state index contributed by atoms with van der Waals surface area (Å²) in [6.45, 7) is 1.18. The third-order valence-electron chi connectivity index (χ3n) is 4.83. The number of likely N-dealkylation sites (N-methyl/N-ethyl adjacent to an activating group) is 1. The van der Waals surface area contributed by atoms with Crippen LogP contribution in [0.1, 0.15) is 18.9 Å². The Morgan fingerprint density at radius 1 is 1.00 bits per heavy atom. The molecule has 33 heavy (non-hydrogen) atoms. The highest BCUT2D eigenvalue weighted by molar-refractivity contribution is 7.92. The van der Waals surface area contributed by atoms with Crippen LogP contribution < -0.4 is 9.62 Å². The SMILES string of the molecule is CC[C@@H](C(=O)NC)N(Cc1ccc(Cl)c(Cl)c1)C(=O)CN(c1ccc(Cl)cc1Cl)S(C)(=O)=O. The molecule has 0 heterocycles. The number of carbonyl (C=O) groups is 2. The molecule has 0 radical (unpaired) electrons. The summed E-state index contributed by atoms with van der Waals surface area (Å²) in [5.41, 5.74) is 0.718. The summed E-state index contributed by atoms with van der Waals surface area (Å²) in [4.78, 5) is 27.3. The zero-order chi connectivity index (χ0) is 24.9. The van der Waals surface area contributed by atoms with Gasteiger partial charge in [-0.3, -0.25) is 13.9 Å². The van der Waals surface area contributed by atoms with Gasteiger partial charge in [-0.2, -0.15) is 0 Å². The molecule has 1 atom stereocenters. The normalized spacial score (nSPS) is 12.2. The second-order valence-corrected chi connectivity index (χ2v) is 10.7. The summed E-state index contributed by atoms with van der Waals surface area (Å²) < 4.78 is 26.0. The number of hydrogen-bond acceptors (Lipinski definition) is 4. The highest BCUT2D eigenvalue weighted by Crippen LogP contribution is 2.31. The highest BCUT2D eigenvalue weighted by atomic mass is 35.5. The fourth-order valence-corrected chi connectivity index (χ4v) is 4.94. The minimum absolute atomic E-state index is 0.00754. The lowest BCUT2D eigenvalue weighted by atomic mass is 10.1. The number of sulfonamides is 1. The molecule has 0 saturated heterocycles. The molecule has 7 nitrogen and oxygen atoms in total. The molecule has 0 aliphatic rings. The van der Waals surface area contributed by atoms with E-state index in [0.29, 0.717) is 27.1 Å². The summed E-state index contributed by atoms with van der Waals surface area (Å²) in [5, 5.41) is 3.56. The summed E-state index contributed by atoms with van der Waals surface area (Å²) in [6.07, 6.45) is 1.26. The first kappa shape index (κ1) is 27.5. The quantitative estimate of drug-likeness (QED) is 0.490. The third kappa shape index (κ3) is 7.13. The van der Waals surface area contributed by atoms with Crippen LogP contribution in [0.25, 0.3) is 0 Å². The van der Waals surface area contributed by atoms with Gasteiger partial charge in [0.25, 0.3) is 0 Å². The molecule has 12 heteroatoms. The van der Waals surface area contributed by atoms with Gasteiger partial charge in [-0.15, -0.1) is 0 Å². The molecular formula is C21H23Cl4N3O4S. The molecule has 0 spiro atoms. The number of nitrogens with one attached hydrogen (secondary N) is 1. The Bertz CT molecular complexity index is 1140. The Hall–Kier alpha value is -1.71. The van der Waals surface area contributed by atoms with Gasteiger partial charge in [0.2, 0.25) is 21.8 Å². The van der Waals surface area contributed by atoms with E-state index in [-0.39, 0.29) is 23.2 Å². The monoisotopic (exact) mass is 553 g/mol. The van der Waals surface area contributed by atoms with E-state index in [1.165, 1.54) is 30.1 Å². The summed E-state index contributed by atoms with van der Waals surface area (Å²) >= 11 is 24.2. The molecule has 2 aromatic rings. The predicted octanol–water partition coefficient (Wildman–Crippen LogP) is 4.62. The molecule has 0 unspecified atom stereocenters. The van der Waals surface area contributed by atoms with Crippen molar-refractivity contribution in [2.45, 2.75) is 25.9 Å². The van der Waals surface area contributed by atoms with Gasteiger partial charge in [-0.05, 0) is 42.3 Å². The number of nitrogens with zero attached hydrogens (tertiary/aromatic N) is 2. The predicted molar refractivity (Wildman–Crippen MR) is 134 cm³/mol. The number of rotatable bonds is 9. The lowest BCUT2D eigenvalue weighted by Crippen LogP contribution is -2.51. The summed E-state index contributed by atoms with van der Waals surface area (Å²) in [7, 11) is -2.44. The molecule has 2 rings (SSSR count). The van der Waals surface area contributed by atoms with Crippen molar-refractivity contribution in [1.29, 1.82) is 0 Å². The van der Waals surface area contributed by atoms with Crippen LogP contribution in [-0.4, -0.2) is 51.0 Å². The molecule has 0 saturated carbocycles.